The summed E-state index contributed by atoms with van der Waals surface area (Å²) < 4.78 is 20.6. The van der Waals surface area contributed by atoms with E-state index >= 15 is 4.39 Å². The molecule has 206 valence electrons. The molecule has 4 aromatic rings. The minimum absolute atomic E-state index is 0.157. The van der Waals surface area contributed by atoms with E-state index < -0.39 is 23.5 Å². The molecular weight excluding hydrogens is 537 g/mol. The predicted octanol–water partition coefficient (Wildman–Crippen LogP) is 5.10. The molecular formula is C29H27ClFN5O4. The largest absolute Gasteiger partial charge is 0.449 e. The smallest absolute Gasteiger partial charge is 0.413 e. The number of hydrogen-bond donors (Lipinski definition) is 3. The number of nitrogens with zero attached hydrogens (tertiary/aromatic N) is 3. The Hall–Kier alpha value is -3.99. The van der Waals surface area contributed by atoms with Crippen LogP contribution in [-0.2, 0) is 10.5 Å². The lowest BCUT2D eigenvalue weighted by molar-refractivity contribution is 0.0699. The summed E-state index contributed by atoms with van der Waals surface area (Å²) in [5.74, 6) is -0.895. The first kappa shape index (κ1) is 26.2. The highest BCUT2D eigenvalue weighted by molar-refractivity contribution is 6.31. The zero-order chi connectivity index (χ0) is 28.0. The highest BCUT2D eigenvalue weighted by atomic mass is 35.5. The van der Waals surface area contributed by atoms with E-state index in [-0.39, 0.29) is 27.8 Å². The summed E-state index contributed by atoms with van der Waals surface area (Å²) in [7, 11) is 2.08. The molecule has 6 rings (SSSR count). The van der Waals surface area contributed by atoms with Crippen molar-refractivity contribution < 1.29 is 23.8 Å². The molecule has 0 aliphatic carbocycles. The number of aromatic nitrogens is 2. The van der Waals surface area contributed by atoms with E-state index in [0.717, 1.165) is 30.8 Å². The fraction of sp³-hybridized carbons (Fsp3) is 0.276. The molecule has 0 bridgehead atoms. The van der Waals surface area contributed by atoms with Gasteiger partial charge in [0, 0.05) is 16.7 Å². The number of amides is 2. The van der Waals surface area contributed by atoms with Crippen LogP contribution < -0.4 is 10.2 Å². The van der Waals surface area contributed by atoms with Crippen LogP contribution in [0.15, 0.2) is 60.7 Å². The topological polar surface area (TPSA) is 111 Å². The lowest BCUT2D eigenvalue weighted by Crippen LogP contribution is -2.45. The van der Waals surface area contributed by atoms with E-state index in [1.54, 1.807) is 42.5 Å². The summed E-state index contributed by atoms with van der Waals surface area (Å²) in [6, 6.07) is 15.7. The van der Waals surface area contributed by atoms with Crippen molar-refractivity contribution in [1.82, 2.24) is 14.9 Å². The number of nitrogens with one attached hydrogen (secondary N) is 2. The number of ether oxygens (including phenoxy) is 1. The molecule has 11 heteroatoms. The molecule has 9 nitrogen and oxygen atoms in total. The average Bonchev–Trinajstić information content (AvgIpc) is 3.45. The van der Waals surface area contributed by atoms with Crippen molar-refractivity contribution in [2.75, 3.05) is 37.0 Å². The molecule has 3 aromatic carbocycles. The molecule has 3 N–H and O–H groups in total. The number of imidazole rings is 1. The highest BCUT2D eigenvalue weighted by Crippen LogP contribution is 2.46. The van der Waals surface area contributed by atoms with Crippen molar-refractivity contribution in [2.45, 2.75) is 18.6 Å². The van der Waals surface area contributed by atoms with Crippen LogP contribution >= 0.6 is 11.6 Å². The van der Waals surface area contributed by atoms with Gasteiger partial charge in [0.25, 0.3) is 5.91 Å². The van der Waals surface area contributed by atoms with Crippen molar-refractivity contribution in [3.05, 3.63) is 88.2 Å². The molecule has 0 spiro atoms. The molecule has 3 heterocycles. The highest BCUT2D eigenvalue weighted by Gasteiger charge is 2.51. The molecule has 0 radical (unpaired) electrons. The third-order valence-electron chi connectivity index (χ3n) is 7.63. The van der Waals surface area contributed by atoms with Crippen molar-refractivity contribution >= 4 is 46.3 Å². The van der Waals surface area contributed by atoms with E-state index in [9.17, 15) is 14.7 Å². The van der Waals surface area contributed by atoms with E-state index in [0.29, 0.717) is 29.1 Å². The van der Waals surface area contributed by atoms with Crippen LogP contribution in [0.3, 0.4) is 0 Å². The number of fused-ring (bicyclic) bond motifs is 2. The standard InChI is InChI=1S/C29H27ClFN5O4/c1-35-13-11-17(12-14-35)16-40-28(38)34-27-32-22-10-9-18(15-23(22)33-27)29(39)20-6-3-2-5-19(20)26(37)36(29)24-8-4-7-21(30)25(24)31/h2-10,15,17,39H,11-14,16H2,1H3,(H2,32,33,34,38). The number of benzene rings is 3. The van der Waals surface area contributed by atoms with Gasteiger partial charge in [0.15, 0.2) is 11.5 Å². The quantitative estimate of drug-likeness (QED) is 0.312. The number of hydrogen-bond acceptors (Lipinski definition) is 6. The number of piperidine rings is 1. The normalized spacial score (nSPS) is 19.7. The van der Waals surface area contributed by atoms with Crippen LogP contribution in [0.5, 0.6) is 0 Å². The van der Waals surface area contributed by atoms with Crippen molar-refractivity contribution in [2.24, 2.45) is 5.92 Å². The molecule has 0 saturated carbocycles. The first-order valence-corrected chi connectivity index (χ1v) is 13.4. The summed E-state index contributed by atoms with van der Waals surface area (Å²) in [4.78, 5) is 36.6. The molecule has 1 fully saturated rings. The van der Waals surface area contributed by atoms with Gasteiger partial charge in [-0.15, -0.1) is 0 Å². The zero-order valence-corrected chi connectivity index (χ0v) is 22.4. The number of anilines is 2. The third-order valence-corrected chi connectivity index (χ3v) is 7.92. The van der Waals surface area contributed by atoms with Gasteiger partial charge in [-0.25, -0.2) is 14.2 Å². The molecule has 2 amide bonds. The Bertz CT molecular complexity index is 1620. The fourth-order valence-corrected chi connectivity index (χ4v) is 5.61. The minimum Gasteiger partial charge on any atom is -0.449 e. The van der Waals surface area contributed by atoms with Crippen LogP contribution in [0.4, 0.5) is 20.8 Å². The SMILES string of the molecule is CN1CCC(COC(=O)Nc2nc3ccc(C4(O)c5ccccc5C(=O)N4c4cccc(Cl)c4F)cc3[nH]2)CC1. The van der Waals surface area contributed by atoms with E-state index in [1.165, 1.54) is 18.2 Å². The summed E-state index contributed by atoms with van der Waals surface area (Å²) in [5.41, 5.74) is -0.374. The number of halogens is 2. The Morgan fingerprint density at radius 1 is 1.20 bits per heavy atom. The third kappa shape index (κ3) is 4.47. The van der Waals surface area contributed by atoms with Gasteiger partial charge in [0.05, 0.1) is 28.4 Å². The number of H-pyrrole nitrogens is 1. The van der Waals surface area contributed by atoms with Gasteiger partial charge in [-0.05, 0) is 69.2 Å². The monoisotopic (exact) mass is 563 g/mol. The minimum atomic E-state index is -2.04. The molecule has 1 saturated heterocycles. The van der Waals surface area contributed by atoms with Gasteiger partial charge < -0.3 is 19.7 Å². The number of rotatable bonds is 5. The number of carbonyl (C=O) groups is 2. The Kier molecular flexibility index (Phi) is 6.69. The lowest BCUT2D eigenvalue weighted by Gasteiger charge is -2.35. The van der Waals surface area contributed by atoms with Gasteiger partial charge in [0.1, 0.15) is 0 Å². The first-order chi connectivity index (χ1) is 19.3. The Balaban J connectivity index is 1.30. The number of carbonyl (C=O) groups excluding carboxylic acids is 2. The lowest BCUT2D eigenvalue weighted by atomic mass is 9.93. The van der Waals surface area contributed by atoms with Gasteiger partial charge in [-0.1, -0.05) is 41.9 Å². The fourth-order valence-electron chi connectivity index (χ4n) is 5.44. The van der Waals surface area contributed by atoms with E-state index in [1.807, 2.05) is 0 Å². The number of aromatic amines is 1. The number of aliphatic hydroxyl groups is 1. The van der Waals surface area contributed by atoms with Crippen molar-refractivity contribution in [1.29, 1.82) is 0 Å². The maximum atomic E-state index is 15.2. The zero-order valence-electron chi connectivity index (χ0n) is 21.7. The van der Waals surface area contributed by atoms with Gasteiger partial charge in [-0.3, -0.25) is 15.0 Å². The second kappa shape index (κ2) is 10.2. The van der Waals surface area contributed by atoms with Gasteiger partial charge >= 0.3 is 6.09 Å². The van der Waals surface area contributed by atoms with Crippen molar-refractivity contribution in [3.63, 3.8) is 0 Å². The van der Waals surface area contributed by atoms with Crippen LogP contribution in [0.2, 0.25) is 5.02 Å². The number of likely N-dealkylation sites (tertiary alicyclic amines) is 1. The predicted molar refractivity (Wildman–Crippen MR) is 149 cm³/mol. The van der Waals surface area contributed by atoms with Crippen molar-refractivity contribution in [3.8, 4) is 0 Å². The second-order valence-electron chi connectivity index (χ2n) is 10.2. The molecule has 1 aromatic heterocycles. The van der Waals surface area contributed by atoms with Crippen LogP contribution in [-0.4, -0.2) is 58.7 Å². The maximum absolute atomic E-state index is 15.2. The molecule has 1 unspecified atom stereocenters. The summed E-state index contributed by atoms with van der Waals surface area (Å²) >= 11 is 6.03. The molecule has 40 heavy (non-hydrogen) atoms. The van der Waals surface area contributed by atoms with E-state index in [4.69, 9.17) is 16.3 Å². The summed E-state index contributed by atoms with van der Waals surface area (Å²) in [6.07, 6.45) is 1.33. The Morgan fingerprint density at radius 3 is 2.77 bits per heavy atom. The Morgan fingerprint density at radius 2 is 1.98 bits per heavy atom. The Labute approximate surface area is 234 Å². The van der Waals surface area contributed by atoms with E-state index in [2.05, 4.69) is 27.2 Å². The van der Waals surface area contributed by atoms with Crippen LogP contribution in [0, 0.1) is 11.7 Å². The molecule has 1 atom stereocenters. The molecule has 2 aliphatic rings. The maximum Gasteiger partial charge on any atom is 0.413 e. The second-order valence-corrected chi connectivity index (χ2v) is 10.6. The first-order valence-electron chi connectivity index (χ1n) is 13.0. The van der Waals surface area contributed by atoms with Crippen LogP contribution in [0.25, 0.3) is 11.0 Å². The summed E-state index contributed by atoms with van der Waals surface area (Å²) in [5, 5.41) is 14.6. The molecule has 2 aliphatic heterocycles. The average molecular weight is 564 g/mol. The summed E-state index contributed by atoms with van der Waals surface area (Å²) in [6.45, 7) is 2.29. The van der Waals surface area contributed by atoms with Gasteiger partial charge in [0.2, 0.25) is 5.95 Å². The van der Waals surface area contributed by atoms with Gasteiger partial charge in [-0.2, -0.15) is 0 Å². The van der Waals surface area contributed by atoms with Crippen LogP contribution in [0.1, 0.15) is 34.3 Å².